The van der Waals surface area contributed by atoms with Gasteiger partial charge in [-0.15, -0.1) is 0 Å². The van der Waals surface area contributed by atoms with Gasteiger partial charge in [-0.3, -0.25) is 0 Å². The van der Waals surface area contributed by atoms with Gasteiger partial charge in [0.05, 0.1) is 0 Å². The van der Waals surface area contributed by atoms with Crippen molar-refractivity contribution in [2.24, 2.45) is 0 Å². The number of likely N-dealkylation sites (N-methyl/N-ethyl adjacent to an activating group) is 1. The molecular weight excluding hydrogens is 242 g/mol. The molecule has 0 saturated carbocycles. The third-order valence-electron chi connectivity index (χ3n) is 2.62. The van der Waals surface area contributed by atoms with Crippen molar-refractivity contribution in [3.05, 3.63) is 35.9 Å². The lowest BCUT2D eigenvalue weighted by molar-refractivity contribution is -0.131. The van der Waals surface area contributed by atoms with Crippen LogP contribution in [0.15, 0.2) is 30.3 Å². The van der Waals surface area contributed by atoms with E-state index in [9.17, 15) is 4.79 Å². The molecule has 0 amide bonds. The molecule has 1 N–H and O–H groups in total. The van der Waals surface area contributed by atoms with Crippen molar-refractivity contribution in [3.63, 3.8) is 0 Å². The van der Waals surface area contributed by atoms with E-state index in [0.29, 0.717) is 6.61 Å². The minimum Gasteiger partial charge on any atom is -0.492 e. The fourth-order valence-corrected chi connectivity index (χ4v) is 1.69. The molecule has 0 aliphatic heterocycles. The first-order valence-corrected chi connectivity index (χ1v) is 6.44. The molecule has 0 aliphatic carbocycles. The monoisotopic (exact) mass is 263 g/mol. The number of rotatable bonds is 8. The van der Waals surface area contributed by atoms with Gasteiger partial charge in [0.25, 0.3) is 0 Å². The molecule has 1 aromatic carbocycles. The molecule has 0 unspecified atom stereocenters. The van der Waals surface area contributed by atoms with Crippen LogP contribution in [0.2, 0.25) is 0 Å². The molecule has 4 nitrogen and oxygen atoms in total. The number of benzene rings is 1. The molecule has 0 radical (unpaired) electrons. The van der Waals surface area contributed by atoms with Gasteiger partial charge in [-0.05, 0) is 43.8 Å². The largest absolute Gasteiger partial charge is 0.492 e. The van der Waals surface area contributed by atoms with Gasteiger partial charge in [-0.1, -0.05) is 19.1 Å². The van der Waals surface area contributed by atoms with E-state index in [1.807, 2.05) is 24.3 Å². The van der Waals surface area contributed by atoms with Gasteiger partial charge in [-0.25, -0.2) is 4.79 Å². The van der Waals surface area contributed by atoms with E-state index in [1.165, 1.54) is 0 Å². The molecule has 0 atom stereocenters. The van der Waals surface area contributed by atoms with E-state index in [-0.39, 0.29) is 0 Å². The van der Waals surface area contributed by atoms with Crippen LogP contribution in [0.25, 0.3) is 6.08 Å². The second kappa shape index (κ2) is 8.32. The summed E-state index contributed by atoms with van der Waals surface area (Å²) in [5.41, 5.74) is 0.821. The zero-order valence-electron chi connectivity index (χ0n) is 11.5. The minimum absolute atomic E-state index is 0.628. The normalized spacial score (nSPS) is 11.1. The highest BCUT2D eigenvalue weighted by molar-refractivity contribution is 5.85. The fourth-order valence-electron chi connectivity index (χ4n) is 1.69. The summed E-state index contributed by atoms with van der Waals surface area (Å²) in [6.07, 6.45) is 3.80. The third-order valence-corrected chi connectivity index (χ3v) is 2.62. The summed E-state index contributed by atoms with van der Waals surface area (Å²) in [5, 5.41) is 8.57. The van der Waals surface area contributed by atoms with Gasteiger partial charge in [0, 0.05) is 12.6 Å². The molecule has 4 heteroatoms. The molecule has 0 bridgehead atoms. The summed E-state index contributed by atoms with van der Waals surface area (Å²) >= 11 is 0. The zero-order chi connectivity index (χ0) is 14.1. The number of nitrogens with zero attached hydrogens (tertiary/aromatic N) is 1. The van der Waals surface area contributed by atoms with Crippen LogP contribution < -0.4 is 4.74 Å². The highest BCUT2D eigenvalue weighted by Crippen LogP contribution is 2.14. The summed E-state index contributed by atoms with van der Waals surface area (Å²) in [4.78, 5) is 12.7. The van der Waals surface area contributed by atoms with Crippen LogP contribution in [0.5, 0.6) is 5.75 Å². The molecule has 0 aromatic heterocycles. The molecule has 19 heavy (non-hydrogen) atoms. The van der Waals surface area contributed by atoms with E-state index in [2.05, 4.69) is 18.9 Å². The van der Waals surface area contributed by atoms with Crippen LogP contribution in [0.3, 0.4) is 0 Å². The predicted molar refractivity (Wildman–Crippen MR) is 76.4 cm³/mol. The van der Waals surface area contributed by atoms with E-state index in [4.69, 9.17) is 9.84 Å². The van der Waals surface area contributed by atoms with Crippen molar-refractivity contribution in [1.82, 2.24) is 4.90 Å². The van der Waals surface area contributed by atoms with E-state index >= 15 is 0 Å². The number of carboxylic acid groups (broad SMARTS) is 1. The van der Waals surface area contributed by atoms with Crippen LogP contribution in [0, 0.1) is 0 Å². The first-order chi connectivity index (χ1) is 9.11. The molecule has 0 heterocycles. The van der Waals surface area contributed by atoms with Crippen LogP contribution >= 0.6 is 0 Å². The van der Waals surface area contributed by atoms with Gasteiger partial charge < -0.3 is 14.7 Å². The van der Waals surface area contributed by atoms with Crippen molar-refractivity contribution in [3.8, 4) is 5.75 Å². The summed E-state index contributed by atoms with van der Waals surface area (Å²) < 4.78 is 5.65. The van der Waals surface area contributed by atoms with E-state index < -0.39 is 5.97 Å². The Bertz CT molecular complexity index is 429. The van der Waals surface area contributed by atoms with Crippen LogP contribution in [0.1, 0.15) is 18.9 Å². The minimum atomic E-state index is -0.951. The van der Waals surface area contributed by atoms with Crippen molar-refractivity contribution in [1.29, 1.82) is 0 Å². The number of ether oxygens (including phenoxy) is 1. The fraction of sp³-hybridized carbons (Fsp3) is 0.400. The van der Waals surface area contributed by atoms with E-state index in [0.717, 1.165) is 36.9 Å². The third kappa shape index (κ3) is 6.62. The van der Waals surface area contributed by atoms with Crippen molar-refractivity contribution < 1.29 is 14.6 Å². The Balaban J connectivity index is 2.46. The van der Waals surface area contributed by atoms with Crippen molar-refractivity contribution in [2.45, 2.75) is 13.3 Å². The molecule has 0 aliphatic rings. The topological polar surface area (TPSA) is 49.8 Å². The maximum atomic E-state index is 10.4. The Labute approximate surface area is 114 Å². The summed E-state index contributed by atoms with van der Waals surface area (Å²) in [6, 6.07) is 7.40. The zero-order valence-corrected chi connectivity index (χ0v) is 11.5. The van der Waals surface area contributed by atoms with Crippen molar-refractivity contribution in [2.75, 3.05) is 26.7 Å². The number of carboxylic acids is 1. The number of carbonyl (C=O) groups is 1. The Hall–Kier alpha value is -1.81. The van der Waals surface area contributed by atoms with Gasteiger partial charge >= 0.3 is 5.97 Å². The number of aliphatic carboxylic acids is 1. The SMILES string of the molecule is CCCN(C)CCOc1cccc(C=CC(=O)O)c1. The molecule has 104 valence electrons. The molecule has 1 rings (SSSR count). The predicted octanol–water partition coefficient (Wildman–Crippen LogP) is 2.50. The molecular formula is C15H21NO3. The lowest BCUT2D eigenvalue weighted by atomic mass is 10.2. The van der Waals surface area contributed by atoms with Gasteiger partial charge in [0.15, 0.2) is 0 Å². The van der Waals surface area contributed by atoms with Gasteiger partial charge in [-0.2, -0.15) is 0 Å². The van der Waals surface area contributed by atoms with Crippen LogP contribution in [0.4, 0.5) is 0 Å². The van der Waals surface area contributed by atoms with Crippen LogP contribution in [-0.2, 0) is 4.79 Å². The summed E-state index contributed by atoms with van der Waals surface area (Å²) in [5.74, 6) is -0.190. The maximum Gasteiger partial charge on any atom is 0.328 e. The lowest BCUT2D eigenvalue weighted by Gasteiger charge is -2.15. The highest BCUT2D eigenvalue weighted by atomic mass is 16.5. The maximum absolute atomic E-state index is 10.4. The highest BCUT2D eigenvalue weighted by Gasteiger charge is 1.98. The molecule has 0 spiro atoms. The summed E-state index contributed by atoms with van der Waals surface area (Å²) in [7, 11) is 2.07. The van der Waals surface area contributed by atoms with E-state index in [1.54, 1.807) is 6.08 Å². The molecule has 0 saturated heterocycles. The van der Waals surface area contributed by atoms with Gasteiger partial charge in [0.2, 0.25) is 0 Å². The standard InChI is InChI=1S/C15H21NO3/c1-3-9-16(2)10-11-19-14-6-4-5-13(12-14)7-8-15(17)18/h4-8,12H,3,9-11H2,1-2H3,(H,17,18). The quantitative estimate of drug-likeness (QED) is 0.732. The second-order valence-electron chi connectivity index (χ2n) is 4.40. The molecule has 0 fully saturated rings. The van der Waals surface area contributed by atoms with Crippen LogP contribution in [-0.4, -0.2) is 42.7 Å². The number of hydrogen-bond donors (Lipinski definition) is 1. The summed E-state index contributed by atoms with van der Waals surface area (Å²) in [6.45, 7) is 4.71. The first-order valence-electron chi connectivity index (χ1n) is 6.44. The Morgan fingerprint density at radius 2 is 2.21 bits per heavy atom. The average Bonchev–Trinajstić information content (AvgIpc) is 2.37. The second-order valence-corrected chi connectivity index (χ2v) is 4.40. The Morgan fingerprint density at radius 3 is 2.89 bits per heavy atom. The number of hydrogen-bond acceptors (Lipinski definition) is 3. The van der Waals surface area contributed by atoms with Gasteiger partial charge in [0.1, 0.15) is 12.4 Å². The van der Waals surface area contributed by atoms with Crippen molar-refractivity contribution >= 4 is 12.0 Å². The smallest absolute Gasteiger partial charge is 0.328 e. The molecule has 1 aromatic rings. The first kappa shape index (κ1) is 15.2. The Morgan fingerprint density at radius 1 is 1.42 bits per heavy atom. The Kier molecular flexibility index (Phi) is 6.68. The average molecular weight is 263 g/mol. The lowest BCUT2D eigenvalue weighted by Crippen LogP contribution is -2.24.